The third kappa shape index (κ3) is 3.73. The van der Waals surface area contributed by atoms with Crippen molar-refractivity contribution in [3.8, 4) is 0 Å². The second-order valence-corrected chi connectivity index (χ2v) is 6.93. The van der Waals surface area contributed by atoms with Crippen LogP contribution in [0.1, 0.15) is 63.1 Å². The molecule has 2 atom stereocenters. The van der Waals surface area contributed by atoms with E-state index in [1.165, 1.54) is 54.5 Å². The lowest BCUT2D eigenvalue weighted by Crippen LogP contribution is -2.24. The third-order valence-electron chi connectivity index (χ3n) is 4.42. The first-order chi connectivity index (χ1) is 9.65. The van der Waals surface area contributed by atoms with Gasteiger partial charge in [-0.05, 0) is 45.6 Å². The van der Waals surface area contributed by atoms with Crippen LogP contribution in [0, 0.1) is 12.8 Å². The van der Waals surface area contributed by atoms with Gasteiger partial charge in [-0.25, -0.2) is 4.98 Å². The molecule has 1 fully saturated rings. The minimum absolute atomic E-state index is 0.418. The van der Waals surface area contributed by atoms with E-state index >= 15 is 0 Å². The molecule has 2 rings (SSSR count). The number of aryl methyl sites for hydroxylation is 1. The molecule has 0 saturated carbocycles. The minimum atomic E-state index is 0.418. The zero-order chi connectivity index (χ0) is 14.5. The van der Waals surface area contributed by atoms with Crippen molar-refractivity contribution >= 4 is 16.5 Å². The van der Waals surface area contributed by atoms with Crippen LogP contribution < -0.4 is 10.2 Å². The van der Waals surface area contributed by atoms with E-state index in [0.29, 0.717) is 6.04 Å². The lowest BCUT2D eigenvalue weighted by molar-refractivity contribution is 0.459. The van der Waals surface area contributed by atoms with E-state index in [4.69, 9.17) is 4.98 Å². The zero-order valence-electron chi connectivity index (χ0n) is 13.4. The standard InChI is InChI=1S/C16H29N3S/c1-5-14-8-7-10-19(11-9-14)16-18-13(4)15(20-16)12(3)17-6-2/h12,14,17H,5-11H2,1-4H3. The minimum Gasteiger partial charge on any atom is -0.348 e. The summed E-state index contributed by atoms with van der Waals surface area (Å²) in [5.41, 5.74) is 1.20. The lowest BCUT2D eigenvalue weighted by Gasteiger charge is -2.19. The number of hydrogen-bond acceptors (Lipinski definition) is 4. The van der Waals surface area contributed by atoms with Gasteiger partial charge in [0.05, 0.1) is 5.69 Å². The van der Waals surface area contributed by atoms with Crippen LogP contribution in [0.25, 0.3) is 0 Å². The van der Waals surface area contributed by atoms with Gasteiger partial charge in [0.2, 0.25) is 0 Å². The van der Waals surface area contributed by atoms with E-state index in [2.05, 4.69) is 37.9 Å². The van der Waals surface area contributed by atoms with Crippen LogP contribution in [0.4, 0.5) is 5.13 Å². The molecule has 20 heavy (non-hydrogen) atoms. The number of hydrogen-bond donors (Lipinski definition) is 1. The molecular weight excluding hydrogens is 266 g/mol. The highest BCUT2D eigenvalue weighted by molar-refractivity contribution is 7.15. The lowest BCUT2D eigenvalue weighted by atomic mass is 9.98. The van der Waals surface area contributed by atoms with Crippen LogP contribution in [0.5, 0.6) is 0 Å². The molecule has 1 saturated heterocycles. The molecule has 3 nitrogen and oxygen atoms in total. The average molecular weight is 295 g/mol. The van der Waals surface area contributed by atoms with E-state index < -0.39 is 0 Å². The van der Waals surface area contributed by atoms with Crippen molar-refractivity contribution in [3.63, 3.8) is 0 Å². The van der Waals surface area contributed by atoms with E-state index in [1.54, 1.807) is 0 Å². The summed E-state index contributed by atoms with van der Waals surface area (Å²) in [6.07, 6.45) is 5.36. The summed E-state index contributed by atoms with van der Waals surface area (Å²) in [6.45, 7) is 12.2. The van der Waals surface area contributed by atoms with Gasteiger partial charge in [-0.2, -0.15) is 0 Å². The van der Waals surface area contributed by atoms with Gasteiger partial charge in [-0.1, -0.05) is 20.3 Å². The van der Waals surface area contributed by atoms with Crippen molar-refractivity contribution in [1.29, 1.82) is 0 Å². The maximum Gasteiger partial charge on any atom is 0.185 e. The van der Waals surface area contributed by atoms with Crippen molar-refractivity contribution in [2.45, 2.75) is 59.4 Å². The maximum absolute atomic E-state index is 4.83. The van der Waals surface area contributed by atoms with Gasteiger partial charge in [0, 0.05) is 24.0 Å². The molecule has 1 aliphatic heterocycles. The molecule has 0 amide bonds. The first-order valence-corrected chi connectivity index (χ1v) is 8.93. The summed E-state index contributed by atoms with van der Waals surface area (Å²) in [5, 5.41) is 4.73. The van der Waals surface area contributed by atoms with E-state index in [1.807, 2.05) is 11.3 Å². The quantitative estimate of drug-likeness (QED) is 0.885. The Morgan fingerprint density at radius 3 is 2.85 bits per heavy atom. The Balaban J connectivity index is 2.07. The molecule has 1 N–H and O–H groups in total. The zero-order valence-corrected chi connectivity index (χ0v) is 14.2. The molecule has 1 aliphatic rings. The molecule has 1 aromatic heterocycles. The van der Waals surface area contributed by atoms with Crippen molar-refractivity contribution in [2.75, 3.05) is 24.5 Å². The number of nitrogens with one attached hydrogen (secondary N) is 1. The van der Waals surface area contributed by atoms with Crippen LogP contribution in [-0.4, -0.2) is 24.6 Å². The monoisotopic (exact) mass is 295 g/mol. The third-order valence-corrected chi connectivity index (χ3v) is 5.82. The number of thiazole rings is 1. The first kappa shape index (κ1) is 15.8. The Bertz CT molecular complexity index is 416. The van der Waals surface area contributed by atoms with E-state index in [9.17, 15) is 0 Å². The van der Waals surface area contributed by atoms with Crippen molar-refractivity contribution < 1.29 is 0 Å². The fourth-order valence-corrected chi connectivity index (χ4v) is 4.24. The van der Waals surface area contributed by atoms with E-state index in [0.717, 1.165) is 12.5 Å². The topological polar surface area (TPSA) is 28.2 Å². The molecule has 2 unspecified atom stereocenters. The van der Waals surface area contributed by atoms with Gasteiger partial charge in [-0.3, -0.25) is 0 Å². The average Bonchev–Trinajstić information content (AvgIpc) is 2.68. The summed E-state index contributed by atoms with van der Waals surface area (Å²) >= 11 is 1.88. The van der Waals surface area contributed by atoms with Crippen molar-refractivity contribution in [2.24, 2.45) is 5.92 Å². The Morgan fingerprint density at radius 2 is 2.15 bits per heavy atom. The Kier molecular flexibility index (Phi) is 5.85. The summed E-state index contributed by atoms with van der Waals surface area (Å²) < 4.78 is 0. The highest BCUT2D eigenvalue weighted by Crippen LogP contribution is 2.32. The number of aromatic nitrogens is 1. The van der Waals surface area contributed by atoms with Gasteiger partial charge >= 0.3 is 0 Å². The number of nitrogens with zero attached hydrogens (tertiary/aromatic N) is 2. The second-order valence-electron chi connectivity index (χ2n) is 5.92. The summed E-state index contributed by atoms with van der Waals surface area (Å²) in [7, 11) is 0. The van der Waals surface area contributed by atoms with Gasteiger partial charge in [0.1, 0.15) is 0 Å². The van der Waals surface area contributed by atoms with Crippen molar-refractivity contribution in [1.82, 2.24) is 10.3 Å². The molecule has 4 heteroatoms. The second kappa shape index (κ2) is 7.41. The van der Waals surface area contributed by atoms with Crippen LogP contribution in [0.2, 0.25) is 0 Å². The van der Waals surface area contributed by atoms with Gasteiger partial charge < -0.3 is 10.2 Å². The Labute approximate surface area is 127 Å². The maximum atomic E-state index is 4.83. The molecule has 0 aromatic carbocycles. The van der Waals surface area contributed by atoms with Crippen LogP contribution in [-0.2, 0) is 0 Å². The largest absolute Gasteiger partial charge is 0.348 e. The molecular formula is C16H29N3S. The Hall–Kier alpha value is -0.610. The summed E-state index contributed by atoms with van der Waals surface area (Å²) in [5.74, 6) is 0.918. The summed E-state index contributed by atoms with van der Waals surface area (Å²) in [6, 6.07) is 0.418. The predicted molar refractivity (Wildman–Crippen MR) is 88.8 cm³/mol. The van der Waals surface area contributed by atoms with Crippen molar-refractivity contribution in [3.05, 3.63) is 10.6 Å². The molecule has 0 aliphatic carbocycles. The molecule has 0 bridgehead atoms. The molecule has 2 heterocycles. The van der Waals surface area contributed by atoms with Gasteiger partial charge in [0.15, 0.2) is 5.13 Å². The molecule has 0 radical (unpaired) electrons. The molecule has 114 valence electrons. The first-order valence-electron chi connectivity index (χ1n) is 8.11. The smallest absolute Gasteiger partial charge is 0.185 e. The fourth-order valence-electron chi connectivity index (χ4n) is 3.09. The van der Waals surface area contributed by atoms with E-state index in [-0.39, 0.29) is 0 Å². The fraction of sp³-hybridized carbons (Fsp3) is 0.812. The van der Waals surface area contributed by atoms with Crippen LogP contribution in [0.15, 0.2) is 0 Å². The van der Waals surface area contributed by atoms with Gasteiger partial charge in [0.25, 0.3) is 0 Å². The summed E-state index contributed by atoms with van der Waals surface area (Å²) in [4.78, 5) is 8.75. The Morgan fingerprint density at radius 1 is 1.35 bits per heavy atom. The van der Waals surface area contributed by atoms with Crippen LogP contribution >= 0.6 is 11.3 Å². The van der Waals surface area contributed by atoms with Crippen LogP contribution in [0.3, 0.4) is 0 Å². The number of anilines is 1. The predicted octanol–water partition coefficient (Wildman–Crippen LogP) is 4.14. The normalized spacial score (nSPS) is 21.8. The molecule has 0 spiro atoms. The highest BCUT2D eigenvalue weighted by Gasteiger charge is 2.20. The SMILES string of the molecule is CCNC(C)c1sc(N2CCCC(CC)CC2)nc1C. The molecule has 1 aromatic rings. The highest BCUT2D eigenvalue weighted by atomic mass is 32.1. The van der Waals surface area contributed by atoms with Gasteiger partial charge in [-0.15, -0.1) is 11.3 Å². The number of rotatable bonds is 5.